The molecule has 29 heavy (non-hydrogen) atoms. The first-order valence-electron chi connectivity index (χ1n) is 9.93. The summed E-state index contributed by atoms with van der Waals surface area (Å²) in [5.74, 6) is 0.984. The first kappa shape index (κ1) is 19.7. The van der Waals surface area contributed by atoms with Crippen molar-refractivity contribution in [3.05, 3.63) is 60.2 Å². The van der Waals surface area contributed by atoms with E-state index in [1.807, 2.05) is 18.2 Å². The molecule has 1 aliphatic carbocycles. The number of carbonyl (C=O) groups excluding carboxylic acids is 1. The molecule has 1 amide bonds. The number of hydrogen-bond donors (Lipinski definition) is 1. The Morgan fingerprint density at radius 1 is 1.14 bits per heavy atom. The first-order chi connectivity index (χ1) is 13.9. The molecule has 2 aromatic carbocycles. The van der Waals surface area contributed by atoms with Crippen LogP contribution in [0.5, 0.6) is 5.75 Å². The number of fused-ring (bicyclic) bond motifs is 1. The zero-order valence-electron chi connectivity index (χ0n) is 16.4. The summed E-state index contributed by atoms with van der Waals surface area (Å²) in [6, 6.07) is 12.9. The van der Waals surface area contributed by atoms with Crippen LogP contribution in [-0.2, 0) is 21.1 Å². The largest absolute Gasteiger partial charge is 0.487 e. The van der Waals surface area contributed by atoms with E-state index in [-0.39, 0.29) is 17.9 Å². The molecule has 6 heteroatoms. The third-order valence-electron chi connectivity index (χ3n) is 5.57. The molecular formula is C23H25NO4S. The van der Waals surface area contributed by atoms with Gasteiger partial charge in [0, 0.05) is 24.2 Å². The molecule has 1 aliphatic heterocycles. The van der Waals surface area contributed by atoms with E-state index >= 15 is 0 Å². The number of para-hydroxylation sites is 1. The molecule has 0 aromatic heterocycles. The van der Waals surface area contributed by atoms with E-state index < -0.39 is 9.84 Å². The summed E-state index contributed by atoms with van der Waals surface area (Å²) in [5, 5.41) is 3.05. The monoisotopic (exact) mass is 411 g/mol. The Morgan fingerprint density at radius 2 is 1.93 bits per heavy atom. The van der Waals surface area contributed by atoms with Crippen molar-refractivity contribution in [3.63, 3.8) is 0 Å². The Bertz CT molecular complexity index is 1040. The quantitative estimate of drug-likeness (QED) is 0.764. The maximum Gasteiger partial charge on any atom is 0.223 e. The van der Waals surface area contributed by atoms with E-state index in [1.165, 1.54) is 6.26 Å². The predicted octanol–water partition coefficient (Wildman–Crippen LogP) is 3.53. The molecule has 2 aliphatic rings. The van der Waals surface area contributed by atoms with Gasteiger partial charge in [0.05, 0.1) is 11.4 Å². The normalized spacial score (nSPS) is 20.7. The summed E-state index contributed by atoms with van der Waals surface area (Å²) in [6.45, 7) is 0.486. The van der Waals surface area contributed by atoms with E-state index in [9.17, 15) is 13.2 Å². The number of carbonyl (C=O) groups is 1. The lowest BCUT2D eigenvalue weighted by molar-refractivity contribution is -0.125. The number of rotatable bonds is 5. The zero-order valence-corrected chi connectivity index (χ0v) is 17.2. The smallest absolute Gasteiger partial charge is 0.223 e. The van der Waals surface area contributed by atoms with E-state index in [0.29, 0.717) is 11.4 Å². The number of benzene rings is 2. The number of amides is 1. The average molecular weight is 412 g/mol. The van der Waals surface area contributed by atoms with Gasteiger partial charge in [-0.3, -0.25) is 4.79 Å². The Labute approximate surface area is 171 Å². The molecule has 2 aromatic rings. The lowest BCUT2D eigenvalue weighted by atomic mass is 9.93. The minimum Gasteiger partial charge on any atom is -0.487 e. The van der Waals surface area contributed by atoms with E-state index in [2.05, 4.69) is 17.5 Å². The van der Waals surface area contributed by atoms with Crippen molar-refractivity contribution in [3.8, 4) is 16.9 Å². The topological polar surface area (TPSA) is 72.5 Å². The highest BCUT2D eigenvalue weighted by atomic mass is 32.2. The van der Waals surface area contributed by atoms with Gasteiger partial charge in [0.2, 0.25) is 5.91 Å². The molecule has 0 saturated heterocycles. The fraction of sp³-hybridized carbons (Fsp3) is 0.348. The summed E-state index contributed by atoms with van der Waals surface area (Å²) >= 11 is 0. The van der Waals surface area contributed by atoms with Gasteiger partial charge in [0.1, 0.15) is 11.9 Å². The summed E-state index contributed by atoms with van der Waals surface area (Å²) in [6.07, 6.45) is 8.74. The van der Waals surface area contributed by atoms with Gasteiger partial charge in [-0.15, -0.1) is 0 Å². The molecule has 5 nitrogen and oxygen atoms in total. The van der Waals surface area contributed by atoms with E-state index in [4.69, 9.17) is 4.74 Å². The van der Waals surface area contributed by atoms with Gasteiger partial charge in [-0.2, -0.15) is 0 Å². The average Bonchev–Trinajstić information content (AvgIpc) is 3.15. The van der Waals surface area contributed by atoms with Crippen LogP contribution in [0, 0.1) is 5.92 Å². The summed E-state index contributed by atoms with van der Waals surface area (Å²) in [7, 11) is -3.22. The number of allylic oxidation sites excluding steroid dienone is 2. The Morgan fingerprint density at radius 3 is 2.62 bits per heavy atom. The van der Waals surface area contributed by atoms with Crippen molar-refractivity contribution in [1.29, 1.82) is 0 Å². The van der Waals surface area contributed by atoms with Crippen molar-refractivity contribution >= 4 is 15.7 Å². The Balaban J connectivity index is 1.45. The second kappa shape index (κ2) is 8.03. The molecule has 0 spiro atoms. The molecule has 0 fully saturated rings. The number of nitrogens with one attached hydrogen (secondary N) is 1. The van der Waals surface area contributed by atoms with Crippen LogP contribution < -0.4 is 10.1 Å². The Hall–Kier alpha value is -2.60. The van der Waals surface area contributed by atoms with Gasteiger partial charge in [-0.25, -0.2) is 8.42 Å². The number of ether oxygens (including phenoxy) is 1. The van der Waals surface area contributed by atoms with Crippen LogP contribution >= 0.6 is 0 Å². The standard InChI is InChI=1S/C23H25NO4S/c1-29(26,27)20-12-10-16(11-13-20)21-9-5-8-18-14-19(28-22(18)21)15-24-23(25)17-6-3-2-4-7-17/h2-3,5,8-13,17,19H,4,6-7,14-15H2,1H3,(H,24,25)/t17-,19-/m1/s1. The fourth-order valence-electron chi connectivity index (χ4n) is 3.95. The van der Waals surface area contributed by atoms with E-state index in [1.54, 1.807) is 24.3 Å². The molecule has 1 heterocycles. The van der Waals surface area contributed by atoms with E-state index in [0.717, 1.165) is 48.1 Å². The van der Waals surface area contributed by atoms with Crippen LogP contribution in [0.25, 0.3) is 11.1 Å². The van der Waals surface area contributed by atoms with Crippen LogP contribution in [0.15, 0.2) is 59.5 Å². The van der Waals surface area contributed by atoms with Crippen molar-refractivity contribution in [2.24, 2.45) is 5.92 Å². The molecule has 1 N–H and O–H groups in total. The highest BCUT2D eigenvalue weighted by Gasteiger charge is 2.27. The van der Waals surface area contributed by atoms with Crippen LogP contribution in [0.3, 0.4) is 0 Å². The molecule has 2 atom stereocenters. The first-order valence-corrected chi connectivity index (χ1v) is 11.8. The summed E-state index contributed by atoms with van der Waals surface area (Å²) < 4.78 is 29.6. The Kier molecular flexibility index (Phi) is 5.46. The third kappa shape index (κ3) is 4.37. The van der Waals surface area contributed by atoms with Gasteiger partial charge in [-0.05, 0) is 42.5 Å². The fourth-order valence-corrected chi connectivity index (χ4v) is 4.58. The molecule has 4 rings (SSSR count). The summed E-state index contributed by atoms with van der Waals surface area (Å²) in [4.78, 5) is 12.7. The molecule has 0 bridgehead atoms. The maximum atomic E-state index is 12.4. The second-order valence-corrected chi connectivity index (χ2v) is 9.78. The van der Waals surface area contributed by atoms with Crippen molar-refractivity contribution in [2.75, 3.05) is 12.8 Å². The SMILES string of the molecule is CS(=O)(=O)c1ccc(-c2cccc3c2O[C@@H](CNC(=O)[C@@H]2CC=CCC2)C3)cc1. The third-order valence-corrected chi connectivity index (χ3v) is 6.69. The highest BCUT2D eigenvalue weighted by molar-refractivity contribution is 7.90. The lowest BCUT2D eigenvalue weighted by Crippen LogP contribution is -2.38. The maximum absolute atomic E-state index is 12.4. The van der Waals surface area contributed by atoms with Gasteiger partial charge in [0.15, 0.2) is 9.84 Å². The lowest BCUT2D eigenvalue weighted by Gasteiger charge is -2.19. The van der Waals surface area contributed by atoms with Crippen LogP contribution in [0.2, 0.25) is 0 Å². The van der Waals surface area contributed by atoms with Gasteiger partial charge >= 0.3 is 0 Å². The van der Waals surface area contributed by atoms with Crippen molar-refractivity contribution in [1.82, 2.24) is 5.32 Å². The van der Waals surface area contributed by atoms with Crippen LogP contribution in [0.4, 0.5) is 0 Å². The second-order valence-electron chi connectivity index (χ2n) is 7.76. The van der Waals surface area contributed by atoms with Gasteiger partial charge in [0.25, 0.3) is 0 Å². The summed E-state index contributed by atoms with van der Waals surface area (Å²) in [5.41, 5.74) is 2.95. The minimum absolute atomic E-state index is 0.0627. The number of hydrogen-bond acceptors (Lipinski definition) is 4. The molecule has 0 radical (unpaired) electrons. The minimum atomic E-state index is -3.22. The molecule has 0 unspecified atom stereocenters. The van der Waals surface area contributed by atoms with Gasteiger partial charge in [-0.1, -0.05) is 42.5 Å². The molecule has 0 saturated carbocycles. The molecule has 152 valence electrons. The van der Waals surface area contributed by atoms with Crippen molar-refractivity contribution < 1.29 is 17.9 Å². The van der Waals surface area contributed by atoms with Crippen LogP contribution in [-0.4, -0.2) is 33.2 Å². The van der Waals surface area contributed by atoms with Crippen molar-refractivity contribution in [2.45, 2.75) is 36.7 Å². The predicted molar refractivity (Wildman–Crippen MR) is 113 cm³/mol. The van der Waals surface area contributed by atoms with Gasteiger partial charge < -0.3 is 10.1 Å². The number of sulfone groups is 1. The highest BCUT2D eigenvalue weighted by Crippen LogP contribution is 2.39. The molecular weight excluding hydrogens is 386 g/mol. The van der Waals surface area contributed by atoms with Crippen LogP contribution in [0.1, 0.15) is 24.8 Å². The zero-order chi connectivity index (χ0) is 20.4.